The minimum atomic E-state index is -0.322. The Hall–Kier alpha value is -0.450. The number of nitrogens with zero attached hydrogens (tertiary/aromatic N) is 1. The van der Waals surface area contributed by atoms with Gasteiger partial charge in [0.15, 0.2) is 5.78 Å². The molecule has 0 amide bonds. The van der Waals surface area contributed by atoms with Crippen LogP contribution in [0.25, 0.3) is 0 Å². The fourth-order valence-electron chi connectivity index (χ4n) is 2.30. The highest BCUT2D eigenvalue weighted by Gasteiger charge is 2.37. The summed E-state index contributed by atoms with van der Waals surface area (Å²) in [6, 6.07) is 0. The molecule has 0 bridgehead atoms. The van der Waals surface area contributed by atoms with Crippen molar-refractivity contribution in [3.05, 3.63) is 0 Å². The van der Waals surface area contributed by atoms with Gasteiger partial charge in [-0.25, -0.2) is 0 Å². The smallest absolute Gasteiger partial charge is 0.152 e. The van der Waals surface area contributed by atoms with Gasteiger partial charge >= 0.3 is 0 Å². The normalized spacial score (nSPS) is 21.1. The standard InChI is InChI=1S/C13H25NO3/c1-4-13(2,12(15)6-5-9-16-3)14-7-10-17-11-8-14/h4-11H2,1-3H3. The molecular formula is C13H25NO3. The summed E-state index contributed by atoms with van der Waals surface area (Å²) in [7, 11) is 1.67. The first-order chi connectivity index (χ1) is 8.15. The van der Waals surface area contributed by atoms with Crippen molar-refractivity contribution in [3.63, 3.8) is 0 Å². The Morgan fingerprint density at radius 3 is 2.59 bits per heavy atom. The predicted octanol–water partition coefficient (Wildman–Crippen LogP) is 1.48. The van der Waals surface area contributed by atoms with E-state index in [0.29, 0.717) is 18.8 Å². The molecule has 0 radical (unpaired) electrons. The summed E-state index contributed by atoms with van der Waals surface area (Å²) in [5, 5.41) is 0. The highest BCUT2D eigenvalue weighted by molar-refractivity contribution is 5.87. The average molecular weight is 243 g/mol. The van der Waals surface area contributed by atoms with Crippen molar-refractivity contribution in [1.82, 2.24) is 4.90 Å². The van der Waals surface area contributed by atoms with E-state index in [1.54, 1.807) is 7.11 Å². The molecular weight excluding hydrogens is 218 g/mol. The molecule has 1 aliphatic heterocycles. The lowest BCUT2D eigenvalue weighted by Gasteiger charge is -2.41. The summed E-state index contributed by atoms with van der Waals surface area (Å²) in [6.45, 7) is 8.01. The zero-order valence-corrected chi connectivity index (χ0v) is 11.3. The van der Waals surface area contributed by atoms with E-state index in [1.165, 1.54) is 0 Å². The van der Waals surface area contributed by atoms with E-state index in [4.69, 9.17) is 9.47 Å². The van der Waals surface area contributed by atoms with Crippen molar-refractivity contribution in [2.75, 3.05) is 40.0 Å². The zero-order chi connectivity index (χ0) is 12.7. The summed E-state index contributed by atoms with van der Waals surface area (Å²) in [4.78, 5) is 14.6. The lowest BCUT2D eigenvalue weighted by molar-refractivity contribution is -0.134. The summed E-state index contributed by atoms with van der Waals surface area (Å²) < 4.78 is 10.3. The maximum atomic E-state index is 12.3. The van der Waals surface area contributed by atoms with Crippen LogP contribution in [0.4, 0.5) is 0 Å². The number of hydrogen-bond donors (Lipinski definition) is 0. The molecule has 17 heavy (non-hydrogen) atoms. The Morgan fingerprint density at radius 2 is 2.06 bits per heavy atom. The summed E-state index contributed by atoms with van der Waals surface area (Å²) in [5.41, 5.74) is -0.322. The number of morpholine rings is 1. The molecule has 0 saturated carbocycles. The van der Waals surface area contributed by atoms with Gasteiger partial charge in [-0.15, -0.1) is 0 Å². The third-order valence-corrected chi connectivity index (χ3v) is 3.75. The number of hydrogen-bond acceptors (Lipinski definition) is 4. The van der Waals surface area contributed by atoms with E-state index in [-0.39, 0.29) is 5.54 Å². The molecule has 1 rings (SSSR count). The van der Waals surface area contributed by atoms with Crippen LogP contribution in [0, 0.1) is 0 Å². The van der Waals surface area contributed by atoms with Gasteiger partial charge < -0.3 is 9.47 Å². The molecule has 1 fully saturated rings. The van der Waals surface area contributed by atoms with Crippen LogP contribution < -0.4 is 0 Å². The number of rotatable bonds is 7. The molecule has 4 heteroatoms. The van der Waals surface area contributed by atoms with Crippen molar-refractivity contribution in [3.8, 4) is 0 Å². The van der Waals surface area contributed by atoms with E-state index < -0.39 is 0 Å². The number of ketones is 1. The largest absolute Gasteiger partial charge is 0.385 e. The van der Waals surface area contributed by atoms with Gasteiger partial charge in [-0.05, 0) is 19.8 Å². The van der Waals surface area contributed by atoms with Crippen LogP contribution in [-0.2, 0) is 14.3 Å². The van der Waals surface area contributed by atoms with Crippen molar-refractivity contribution >= 4 is 5.78 Å². The molecule has 1 saturated heterocycles. The molecule has 0 N–H and O–H groups in total. The molecule has 0 aliphatic carbocycles. The monoisotopic (exact) mass is 243 g/mol. The van der Waals surface area contributed by atoms with Gasteiger partial charge in [0.05, 0.1) is 18.8 Å². The number of carbonyl (C=O) groups excluding carboxylic acids is 1. The first kappa shape index (κ1) is 14.6. The van der Waals surface area contributed by atoms with E-state index in [9.17, 15) is 4.79 Å². The van der Waals surface area contributed by atoms with Crippen LogP contribution in [0.1, 0.15) is 33.1 Å². The zero-order valence-electron chi connectivity index (χ0n) is 11.3. The van der Waals surface area contributed by atoms with E-state index in [1.807, 2.05) is 0 Å². The van der Waals surface area contributed by atoms with E-state index in [0.717, 1.165) is 39.1 Å². The Bertz CT molecular complexity index is 239. The van der Waals surface area contributed by atoms with Crippen molar-refractivity contribution in [2.45, 2.75) is 38.6 Å². The number of carbonyl (C=O) groups is 1. The highest BCUT2D eigenvalue weighted by atomic mass is 16.5. The fraction of sp³-hybridized carbons (Fsp3) is 0.923. The second-order valence-electron chi connectivity index (χ2n) is 4.75. The minimum Gasteiger partial charge on any atom is -0.385 e. The van der Waals surface area contributed by atoms with Crippen molar-refractivity contribution in [2.24, 2.45) is 0 Å². The molecule has 100 valence electrons. The quantitative estimate of drug-likeness (QED) is 0.635. The second-order valence-corrected chi connectivity index (χ2v) is 4.75. The first-order valence-corrected chi connectivity index (χ1v) is 6.50. The van der Waals surface area contributed by atoms with Gasteiger partial charge in [0, 0.05) is 33.2 Å². The van der Waals surface area contributed by atoms with Gasteiger partial charge in [0.2, 0.25) is 0 Å². The summed E-state index contributed by atoms with van der Waals surface area (Å²) in [6.07, 6.45) is 2.28. The van der Waals surface area contributed by atoms with Crippen molar-refractivity contribution < 1.29 is 14.3 Å². The predicted molar refractivity (Wildman–Crippen MR) is 67.2 cm³/mol. The fourth-order valence-corrected chi connectivity index (χ4v) is 2.30. The lowest BCUT2D eigenvalue weighted by atomic mass is 9.88. The molecule has 1 heterocycles. The van der Waals surface area contributed by atoms with E-state index >= 15 is 0 Å². The first-order valence-electron chi connectivity index (χ1n) is 6.50. The van der Waals surface area contributed by atoms with Crippen molar-refractivity contribution in [1.29, 1.82) is 0 Å². The third kappa shape index (κ3) is 3.76. The molecule has 4 nitrogen and oxygen atoms in total. The van der Waals surface area contributed by atoms with Crippen LogP contribution >= 0.6 is 0 Å². The van der Waals surface area contributed by atoms with Gasteiger partial charge in [-0.1, -0.05) is 6.92 Å². The number of ether oxygens (including phenoxy) is 2. The number of Topliss-reactive ketones (excluding diaryl/α,β-unsaturated/α-hetero) is 1. The van der Waals surface area contributed by atoms with Gasteiger partial charge in [-0.3, -0.25) is 9.69 Å². The number of methoxy groups -OCH3 is 1. The second kappa shape index (κ2) is 7.09. The SMILES string of the molecule is CCC(C)(C(=O)CCCOC)N1CCOCC1. The van der Waals surface area contributed by atoms with Crippen LogP contribution in [-0.4, -0.2) is 56.2 Å². The molecule has 0 aromatic rings. The molecule has 0 aromatic carbocycles. The molecule has 0 spiro atoms. The molecule has 1 unspecified atom stereocenters. The lowest BCUT2D eigenvalue weighted by Crippen LogP contribution is -2.56. The van der Waals surface area contributed by atoms with Crippen LogP contribution in [0.5, 0.6) is 0 Å². The van der Waals surface area contributed by atoms with Gasteiger partial charge in [0.1, 0.15) is 0 Å². The van der Waals surface area contributed by atoms with Crippen LogP contribution in [0.3, 0.4) is 0 Å². The maximum Gasteiger partial charge on any atom is 0.152 e. The Balaban J connectivity index is 2.55. The van der Waals surface area contributed by atoms with Crippen LogP contribution in [0.2, 0.25) is 0 Å². The van der Waals surface area contributed by atoms with E-state index in [2.05, 4.69) is 18.7 Å². The average Bonchev–Trinajstić information content (AvgIpc) is 2.39. The molecule has 1 atom stereocenters. The maximum absolute atomic E-state index is 12.3. The van der Waals surface area contributed by atoms with Crippen LogP contribution in [0.15, 0.2) is 0 Å². The summed E-state index contributed by atoms with van der Waals surface area (Å²) in [5.74, 6) is 0.332. The summed E-state index contributed by atoms with van der Waals surface area (Å²) >= 11 is 0. The third-order valence-electron chi connectivity index (χ3n) is 3.75. The Labute approximate surface area is 104 Å². The minimum absolute atomic E-state index is 0.322. The topological polar surface area (TPSA) is 38.8 Å². The Morgan fingerprint density at radius 1 is 1.41 bits per heavy atom. The van der Waals surface area contributed by atoms with Gasteiger partial charge in [0.25, 0.3) is 0 Å². The molecule has 0 aromatic heterocycles. The highest BCUT2D eigenvalue weighted by Crippen LogP contribution is 2.23. The Kier molecular flexibility index (Phi) is 6.09. The van der Waals surface area contributed by atoms with Gasteiger partial charge in [-0.2, -0.15) is 0 Å². The molecule has 1 aliphatic rings.